The third kappa shape index (κ3) is 2.36. The number of phenols is 1. The van der Waals surface area contributed by atoms with Crippen molar-refractivity contribution in [1.29, 1.82) is 0 Å². The Hall–Kier alpha value is -0.730. The zero-order valence-electron chi connectivity index (χ0n) is 6.76. The molecule has 0 spiro atoms. The number of hydrogen-bond donors (Lipinski definition) is 1. The number of carbonyl (C=O) groups excluding carboxylic acids is 1. The topological polar surface area (TPSA) is 37.3 Å². The Morgan fingerprint density at radius 1 is 1.46 bits per heavy atom. The second-order valence-corrected chi connectivity index (χ2v) is 3.28. The summed E-state index contributed by atoms with van der Waals surface area (Å²) in [5.41, 5.74) is 0.157. The fourth-order valence-electron chi connectivity index (χ4n) is 1.000. The molecule has 1 aromatic rings. The molecule has 0 saturated heterocycles. The van der Waals surface area contributed by atoms with Crippen LogP contribution >= 0.6 is 23.2 Å². The van der Waals surface area contributed by atoms with E-state index in [1.807, 2.05) is 0 Å². The molecule has 0 aliphatic heterocycles. The Morgan fingerprint density at radius 3 is 2.69 bits per heavy atom. The van der Waals surface area contributed by atoms with Crippen LogP contribution in [0.25, 0.3) is 0 Å². The summed E-state index contributed by atoms with van der Waals surface area (Å²) >= 11 is 11.1. The Labute approximate surface area is 86.1 Å². The van der Waals surface area contributed by atoms with Gasteiger partial charge in [-0.1, -0.05) is 17.7 Å². The molecule has 13 heavy (non-hydrogen) atoms. The van der Waals surface area contributed by atoms with E-state index in [9.17, 15) is 9.90 Å². The van der Waals surface area contributed by atoms with Gasteiger partial charge in [0.15, 0.2) is 5.78 Å². The van der Waals surface area contributed by atoms with Gasteiger partial charge in [0.1, 0.15) is 5.75 Å². The number of aromatic hydroxyl groups is 1. The maximum Gasteiger partial charge on any atom is 0.169 e. The summed E-state index contributed by atoms with van der Waals surface area (Å²) in [7, 11) is 0. The summed E-state index contributed by atoms with van der Waals surface area (Å²) in [6, 6.07) is 4.56. The van der Waals surface area contributed by atoms with Crippen LogP contribution in [0.5, 0.6) is 5.75 Å². The summed E-state index contributed by atoms with van der Waals surface area (Å²) in [5, 5.41) is 9.60. The van der Waals surface area contributed by atoms with Crippen LogP contribution in [-0.4, -0.2) is 16.8 Å². The van der Waals surface area contributed by atoms with E-state index in [-0.39, 0.29) is 34.4 Å². The van der Waals surface area contributed by atoms with Crippen molar-refractivity contribution in [2.24, 2.45) is 0 Å². The fraction of sp³-hybridized carbons (Fsp3) is 0.222. The molecule has 0 amide bonds. The molecular formula is C9H8Cl2O2. The zero-order chi connectivity index (χ0) is 9.84. The average Bonchev–Trinajstić information content (AvgIpc) is 2.04. The minimum Gasteiger partial charge on any atom is -0.507 e. The van der Waals surface area contributed by atoms with Crippen LogP contribution in [0.15, 0.2) is 18.2 Å². The second-order valence-electron chi connectivity index (χ2n) is 2.50. The SMILES string of the molecule is O=C(CCCl)c1c(O)cccc1Cl. The molecule has 0 fully saturated rings. The number of ketones is 1. The van der Waals surface area contributed by atoms with Crippen molar-refractivity contribution in [2.75, 3.05) is 5.88 Å². The van der Waals surface area contributed by atoms with Gasteiger partial charge in [0.05, 0.1) is 10.6 Å². The third-order valence-electron chi connectivity index (χ3n) is 1.59. The maximum atomic E-state index is 11.4. The molecular weight excluding hydrogens is 211 g/mol. The first-order valence-corrected chi connectivity index (χ1v) is 4.64. The van der Waals surface area contributed by atoms with Gasteiger partial charge in [-0.25, -0.2) is 0 Å². The molecule has 0 aliphatic rings. The molecule has 4 heteroatoms. The normalized spacial score (nSPS) is 10.0. The minimum atomic E-state index is -0.238. The number of carbonyl (C=O) groups is 1. The van der Waals surface area contributed by atoms with E-state index in [1.165, 1.54) is 6.07 Å². The van der Waals surface area contributed by atoms with E-state index in [0.29, 0.717) is 0 Å². The second kappa shape index (κ2) is 4.49. The summed E-state index contributed by atoms with van der Waals surface area (Å²) in [5.74, 6) is -0.107. The van der Waals surface area contributed by atoms with Crippen molar-refractivity contribution in [3.05, 3.63) is 28.8 Å². The molecule has 0 bridgehead atoms. The highest BCUT2D eigenvalue weighted by molar-refractivity contribution is 6.34. The summed E-state index contributed by atoms with van der Waals surface area (Å²) < 4.78 is 0. The molecule has 0 heterocycles. The van der Waals surface area contributed by atoms with Crippen LogP contribution in [0.3, 0.4) is 0 Å². The number of alkyl halides is 1. The van der Waals surface area contributed by atoms with Gasteiger partial charge in [0.2, 0.25) is 0 Å². The number of Topliss-reactive ketones (excluding diaryl/α,β-unsaturated/α-hetero) is 1. The summed E-state index contributed by atoms with van der Waals surface area (Å²) in [6.45, 7) is 0. The van der Waals surface area contributed by atoms with E-state index >= 15 is 0 Å². The molecule has 0 aliphatic carbocycles. The van der Waals surface area contributed by atoms with E-state index in [4.69, 9.17) is 23.2 Å². The third-order valence-corrected chi connectivity index (χ3v) is 2.10. The first kappa shape index (κ1) is 10.4. The largest absolute Gasteiger partial charge is 0.507 e. The molecule has 1 N–H and O–H groups in total. The van der Waals surface area contributed by atoms with Gasteiger partial charge in [0.25, 0.3) is 0 Å². The van der Waals surface area contributed by atoms with Gasteiger partial charge in [0, 0.05) is 12.3 Å². The Kier molecular flexibility index (Phi) is 3.58. The number of phenolic OH excluding ortho intramolecular Hbond substituents is 1. The molecule has 0 atom stereocenters. The average molecular weight is 219 g/mol. The van der Waals surface area contributed by atoms with E-state index in [2.05, 4.69) is 0 Å². The first-order chi connectivity index (χ1) is 6.16. The Bertz CT molecular complexity index is 303. The maximum absolute atomic E-state index is 11.4. The van der Waals surface area contributed by atoms with Crippen molar-refractivity contribution in [3.8, 4) is 5.75 Å². The molecule has 70 valence electrons. The predicted molar refractivity (Wildman–Crippen MR) is 52.8 cm³/mol. The fourth-order valence-corrected chi connectivity index (χ4v) is 1.45. The monoisotopic (exact) mass is 218 g/mol. The van der Waals surface area contributed by atoms with Crippen LogP contribution in [0, 0.1) is 0 Å². The lowest BCUT2D eigenvalue weighted by Crippen LogP contribution is -2.00. The van der Waals surface area contributed by atoms with Crippen LogP contribution < -0.4 is 0 Å². The molecule has 0 unspecified atom stereocenters. The quantitative estimate of drug-likeness (QED) is 0.626. The highest BCUT2D eigenvalue weighted by Crippen LogP contribution is 2.26. The minimum absolute atomic E-state index is 0.0948. The van der Waals surface area contributed by atoms with Crippen LogP contribution in [0.4, 0.5) is 0 Å². The molecule has 2 nitrogen and oxygen atoms in total. The van der Waals surface area contributed by atoms with Gasteiger partial charge in [-0.3, -0.25) is 4.79 Å². The van der Waals surface area contributed by atoms with Crippen molar-refractivity contribution in [1.82, 2.24) is 0 Å². The van der Waals surface area contributed by atoms with Crippen LogP contribution in [-0.2, 0) is 0 Å². The van der Waals surface area contributed by atoms with Gasteiger partial charge in [-0.05, 0) is 12.1 Å². The van der Waals surface area contributed by atoms with Crippen molar-refractivity contribution in [3.63, 3.8) is 0 Å². The lowest BCUT2D eigenvalue weighted by atomic mass is 10.1. The van der Waals surface area contributed by atoms with Crippen LogP contribution in [0.1, 0.15) is 16.8 Å². The highest BCUT2D eigenvalue weighted by Gasteiger charge is 2.13. The number of rotatable bonds is 3. The molecule has 0 aromatic heterocycles. The molecule has 0 saturated carbocycles. The molecule has 1 aromatic carbocycles. The van der Waals surface area contributed by atoms with Crippen molar-refractivity contribution >= 4 is 29.0 Å². The number of benzene rings is 1. The van der Waals surface area contributed by atoms with Crippen LogP contribution in [0.2, 0.25) is 5.02 Å². The summed E-state index contributed by atoms with van der Waals surface area (Å²) in [4.78, 5) is 11.4. The first-order valence-electron chi connectivity index (χ1n) is 3.73. The standard InChI is InChI=1S/C9H8Cl2O2/c10-5-4-8(13)9-6(11)2-1-3-7(9)12/h1-3,12H,4-5H2. The highest BCUT2D eigenvalue weighted by atomic mass is 35.5. The van der Waals surface area contributed by atoms with Crippen molar-refractivity contribution in [2.45, 2.75) is 6.42 Å². The van der Waals surface area contributed by atoms with E-state index in [0.717, 1.165) is 0 Å². The smallest absolute Gasteiger partial charge is 0.169 e. The number of hydrogen-bond acceptors (Lipinski definition) is 2. The van der Waals surface area contributed by atoms with Gasteiger partial charge < -0.3 is 5.11 Å². The lowest BCUT2D eigenvalue weighted by Gasteiger charge is -2.03. The van der Waals surface area contributed by atoms with E-state index in [1.54, 1.807) is 12.1 Å². The van der Waals surface area contributed by atoms with E-state index < -0.39 is 0 Å². The molecule has 1 rings (SSSR count). The molecule has 0 radical (unpaired) electrons. The predicted octanol–water partition coefficient (Wildman–Crippen LogP) is 2.86. The zero-order valence-corrected chi connectivity index (χ0v) is 8.27. The summed E-state index contributed by atoms with van der Waals surface area (Å²) in [6.07, 6.45) is 0.179. The number of halogens is 2. The Balaban J connectivity index is 3.05. The van der Waals surface area contributed by atoms with Gasteiger partial charge in [-0.2, -0.15) is 0 Å². The Morgan fingerprint density at radius 2 is 2.15 bits per heavy atom. The lowest BCUT2D eigenvalue weighted by molar-refractivity contribution is 0.0987. The van der Waals surface area contributed by atoms with Crippen molar-refractivity contribution < 1.29 is 9.90 Å². The van der Waals surface area contributed by atoms with Gasteiger partial charge >= 0.3 is 0 Å². The van der Waals surface area contributed by atoms with Gasteiger partial charge in [-0.15, -0.1) is 11.6 Å².